The van der Waals surface area contributed by atoms with E-state index < -0.39 is 0 Å². The number of aryl methyl sites for hydroxylation is 1. The molecule has 7 heteroatoms. The third-order valence-electron chi connectivity index (χ3n) is 3.68. The lowest BCUT2D eigenvalue weighted by Crippen LogP contribution is -2.09. The van der Waals surface area contributed by atoms with Crippen molar-refractivity contribution in [2.75, 3.05) is 18.2 Å². The van der Waals surface area contributed by atoms with E-state index in [-0.39, 0.29) is 17.8 Å². The predicted octanol–water partition coefficient (Wildman–Crippen LogP) is 3.49. The Hall–Kier alpha value is -1.79. The molecule has 1 N–H and O–H groups in total. The minimum atomic E-state index is -0.281. The number of esters is 1. The topological polar surface area (TPSA) is 64.1 Å². The van der Waals surface area contributed by atoms with Crippen molar-refractivity contribution in [1.82, 2.24) is 9.97 Å². The van der Waals surface area contributed by atoms with E-state index in [4.69, 9.17) is 11.6 Å². The van der Waals surface area contributed by atoms with Crippen molar-refractivity contribution < 1.29 is 9.53 Å². The summed E-state index contributed by atoms with van der Waals surface area (Å²) < 4.78 is 4.62. The fourth-order valence-corrected chi connectivity index (χ4v) is 3.47. The van der Waals surface area contributed by atoms with Crippen LogP contribution in [0.2, 0.25) is 5.02 Å². The van der Waals surface area contributed by atoms with Gasteiger partial charge in [-0.3, -0.25) is 9.78 Å². The van der Waals surface area contributed by atoms with E-state index in [1.807, 2.05) is 12.1 Å². The number of carbonyl (C=O) groups is 1. The Kier molecular flexibility index (Phi) is 5.03. The Morgan fingerprint density at radius 1 is 1.48 bits per heavy atom. The van der Waals surface area contributed by atoms with E-state index in [2.05, 4.69) is 26.1 Å². The Morgan fingerprint density at radius 3 is 3.17 bits per heavy atom. The molecule has 1 aromatic carbocycles. The van der Waals surface area contributed by atoms with Gasteiger partial charge in [0.15, 0.2) is 0 Å². The van der Waals surface area contributed by atoms with Crippen molar-refractivity contribution in [3.63, 3.8) is 0 Å². The maximum atomic E-state index is 11.2. The summed E-state index contributed by atoms with van der Waals surface area (Å²) in [7, 11) is 1.37. The van der Waals surface area contributed by atoms with Gasteiger partial charge in [-0.15, -0.1) is 0 Å². The van der Waals surface area contributed by atoms with Crippen LogP contribution in [0.3, 0.4) is 0 Å². The predicted molar refractivity (Wildman–Crippen MR) is 90.9 cm³/mol. The highest BCUT2D eigenvalue weighted by atomic mass is 35.5. The normalized spacial score (nSPS) is 16.0. The molecule has 0 saturated heterocycles. The lowest BCUT2D eigenvalue weighted by Gasteiger charge is -2.15. The Balaban J connectivity index is 1.69. The molecule has 1 aromatic heterocycles. The highest BCUT2D eigenvalue weighted by Gasteiger charge is 2.22. The number of benzene rings is 1. The average molecular weight is 350 g/mol. The van der Waals surface area contributed by atoms with E-state index in [0.717, 1.165) is 17.9 Å². The van der Waals surface area contributed by atoms with Crippen LogP contribution in [0.25, 0.3) is 0 Å². The maximum absolute atomic E-state index is 11.2. The number of hydrogen-bond acceptors (Lipinski definition) is 6. The summed E-state index contributed by atoms with van der Waals surface area (Å²) in [6, 6.07) is 6.20. The summed E-state index contributed by atoms with van der Waals surface area (Å²) in [5.41, 5.74) is 2.53. The Bertz CT molecular complexity index is 726. The molecule has 1 heterocycles. The highest BCUT2D eigenvalue weighted by Crippen LogP contribution is 2.35. The van der Waals surface area contributed by atoms with Crippen LogP contribution in [0.15, 0.2) is 35.6 Å². The summed E-state index contributed by atoms with van der Waals surface area (Å²) in [6.07, 6.45) is 5.33. The van der Waals surface area contributed by atoms with Gasteiger partial charge in [-0.1, -0.05) is 29.4 Å². The standard InChI is InChI=1S/C16H16ClN3O2S/c1-22-16(21)9-23-15-8-18-7-14(20-15)19-13-5-2-10-6-11(17)3-4-12(10)13/h3-4,6-8,13H,2,5,9H2,1H3,(H,19,20). The summed E-state index contributed by atoms with van der Waals surface area (Å²) in [4.78, 5) is 19.9. The van der Waals surface area contributed by atoms with Crippen molar-refractivity contribution in [2.45, 2.75) is 23.9 Å². The van der Waals surface area contributed by atoms with Gasteiger partial charge in [0.2, 0.25) is 0 Å². The van der Waals surface area contributed by atoms with Crippen molar-refractivity contribution in [3.05, 3.63) is 46.7 Å². The number of nitrogens with zero attached hydrogens (tertiary/aromatic N) is 2. The van der Waals surface area contributed by atoms with Crippen LogP contribution in [0, 0.1) is 0 Å². The molecule has 0 saturated carbocycles. The fraction of sp³-hybridized carbons (Fsp3) is 0.312. The first kappa shape index (κ1) is 16.1. The van der Waals surface area contributed by atoms with Gasteiger partial charge in [0.05, 0.1) is 31.3 Å². The van der Waals surface area contributed by atoms with Gasteiger partial charge in [0.25, 0.3) is 0 Å². The third kappa shape index (κ3) is 3.95. The average Bonchev–Trinajstić information content (AvgIpc) is 2.95. The van der Waals surface area contributed by atoms with E-state index in [9.17, 15) is 4.79 Å². The molecule has 1 atom stereocenters. The van der Waals surface area contributed by atoms with Gasteiger partial charge < -0.3 is 10.1 Å². The van der Waals surface area contributed by atoms with E-state index in [1.165, 1.54) is 30.0 Å². The molecule has 0 bridgehead atoms. The molecule has 120 valence electrons. The second-order valence-corrected chi connectivity index (χ2v) is 6.62. The molecule has 5 nitrogen and oxygen atoms in total. The molecular weight excluding hydrogens is 334 g/mol. The number of methoxy groups -OCH3 is 1. The quantitative estimate of drug-likeness (QED) is 0.658. The molecule has 0 radical (unpaired) electrons. The van der Waals surface area contributed by atoms with Gasteiger partial charge in [-0.05, 0) is 36.1 Å². The summed E-state index contributed by atoms with van der Waals surface area (Å²) >= 11 is 7.35. The van der Waals surface area contributed by atoms with Crippen molar-refractivity contribution >= 4 is 35.1 Å². The second kappa shape index (κ2) is 7.19. The third-order valence-corrected chi connectivity index (χ3v) is 4.79. The number of nitrogens with one attached hydrogen (secondary N) is 1. The maximum Gasteiger partial charge on any atom is 0.316 e. The van der Waals surface area contributed by atoms with E-state index in [0.29, 0.717) is 10.8 Å². The molecule has 1 aliphatic rings. The van der Waals surface area contributed by atoms with Crippen molar-refractivity contribution in [1.29, 1.82) is 0 Å². The zero-order chi connectivity index (χ0) is 16.2. The van der Waals surface area contributed by atoms with Crippen LogP contribution in [0.1, 0.15) is 23.6 Å². The number of halogens is 1. The van der Waals surface area contributed by atoms with Crippen LogP contribution < -0.4 is 5.32 Å². The number of carbonyl (C=O) groups excluding carboxylic acids is 1. The SMILES string of the molecule is COC(=O)CSc1cncc(NC2CCc3cc(Cl)ccc32)n1. The zero-order valence-corrected chi connectivity index (χ0v) is 14.2. The lowest BCUT2D eigenvalue weighted by molar-refractivity contribution is -0.137. The molecule has 0 spiro atoms. The molecule has 23 heavy (non-hydrogen) atoms. The number of thioether (sulfide) groups is 1. The Morgan fingerprint density at radius 2 is 2.35 bits per heavy atom. The largest absolute Gasteiger partial charge is 0.468 e. The summed E-state index contributed by atoms with van der Waals surface area (Å²) in [6.45, 7) is 0. The van der Waals surface area contributed by atoms with E-state index in [1.54, 1.807) is 12.4 Å². The highest BCUT2D eigenvalue weighted by molar-refractivity contribution is 7.99. The lowest BCUT2D eigenvalue weighted by atomic mass is 10.1. The van der Waals surface area contributed by atoms with Crippen molar-refractivity contribution in [2.24, 2.45) is 0 Å². The van der Waals surface area contributed by atoms with Crippen LogP contribution in [0.4, 0.5) is 5.82 Å². The van der Waals surface area contributed by atoms with Crippen LogP contribution in [0.5, 0.6) is 0 Å². The molecule has 2 aromatic rings. The summed E-state index contributed by atoms with van der Waals surface area (Å²) in [5, 5.41) is 4.87. The van der Waals surface area contributed by atoms with Gasteiger partial charge in [-0.25, -0.2) is 4.98 Å². The van der Waals surface area contributed by atoms with Gasteiger partial charge >= 0.3 is 5.97 Å². The molecule has 0 aliphatic heterocycles. The molecule has 0 amide bonds. The first-order chi connectivity index (χ1) is 11.2. The van der Waals surface area contributed by atoms with Crippen LogP contribution in [-0.4, -0.2) is 28.8 Å². The van der Waals surface area contributed by atoms with Crippen LogP contribution >= 0.6 is 23.4 Å². The first-order valence-electron chi connectivity index (χ1n) is 7.22. The number of aromatic nitrogens is 2. The van der Waals surface area contributed by atoms with Gasteiger partial charge in [0, 0.05) is 5.02 Å². The van der Waals surface area contributed by atoms with Gasteiger partial charge in [-0.2, -0.15) is 0 Å². The van der Waals surface area contributed by atoms with E-state index >= 15 is 0 Å². The molecule has 1 aliphatic carbocycles. The first-order valence-corrected chi connectivity index (χ1v) is 8.58. The smallest absolute Gasteiger partial charge is 0.316 e. The monoisotopic (exact) mass is 349 g/mol. The zero-order valence-electron chi connectivity index (χ0n) is 12.6. The van der Waals surface area contributed by atoms with Crippen LogP contribution in [-0.2, 0) is 16.0 Å². The molecule has 1 unspecified atom stereocenters. The number of anilines is 1. The van der Waals surface area contributed by atoms with Gasteiger partial charge in [0.1, 0.15) is 10.8 Å². The minimum absolute atomic E-state index is 0.206. The Labute approximate surface area is 143 Å². The molecule has 0 fully saturated rings. The summed E-state index contributed by atoms with van der Waals surface area (Å²) in [5.74, 6) is 0.642. The number of ether oxygens (including phenoxy) is 1. The second-order valence-electron chi connectivity index (χ2n) is 5.19. The number of rotatable bonds is 5. The fourth-order valence-electron chi connectivity index (χ4n) is 2.59. The minimum Gasteiger partial charge on any atom is -0.468 e. The van der Waals surface area contributed by atoms with Crippen molar-refractivity contribution in [3.8, 4) is 0 Å². The molecule has 3 rings (SSSR count). The molecular formula is C16H16ClN3O2S. The number of fused-ring (bicyclic) bond motifs is 1. The number of hydrogen-bond donors (Lipinski definition) is 1.